The number of rotatable bonds is 0. The monoisotopic (exact) mass is 219 g/mol. The van der Waals surface area contributed by atoms with Crippen molar-refractivity contribution in [3.05, 3.63) is 34.5 Å². The first-order valence-electron chi connectivity index (χ1n) is 5.53. The summed E-state index contributed by atoms with van der Waals surface area (Å²) >= 11 is 6.04. The summed E-state index contributed by atoms with van der Waals surface area (Å²) in [6.45, 7) is 0. The number of nitrogens with zero attached hydrogens (tertiary/aromatic N) is 1. The topological polar surface area (TPSA) is 4.93 Å². The first-order chi connectivity index (χ1) is 7.27. The van der Waals surface area contributed by atoms with Crippen LogP contribution in [0.15, 0.2) is 18.2 Å². The zero-order valence-corrected chi connectivity index (χ0v) is 9.64. The molecule has 1 aromatic heterocycles. The number of aryl methyl sites for hydroxylation is 2. The summed E-state index contributed by atoms with van der Waals surface area (Å²) in [6.07, 6.45) is 5.10. The second-order valence-corrected chi connectivity index (χ2v) is 4.79. The average molecular weight is 220 g/mol. The summed E-state index contributed by atoms with van der Waals surface area (Å²) < 4.78 is 2.32. The molecular weight excluding hydrogens is 206 g/mol. The second kappa shape index (κ2) is 3.28. The van der Waals surface area contributed by atoms with Crippen LogP contribution in [-0.4, -0.2) is 4.57 Å². The lowest BCUT2D eigenvalue weighted by molar-refractivity contribution is 0.653. The normalized spacial score (nSPS) is 15.6. The fourth-order valence-corrected chi connectivity index (χ4v) is 2.90. The van der Waals surface area contributed by atoms with Crippen LogP contribution in [0.2, 0.25) is 5.02 Å². The van der Waals surface area contributed by atoms with Gasteiger partial charge < -0.3 is 4.57 Å². The highest BCUT2D eigenvalue weighted by Gasteiger charge is 2.17. The molecule has 0 aliphatic heterocycles. The van der Waals surface area contributed by atoms with Crippen LogP contribution in [0.25, 0.3) is 10.9 Å². The highest BCUT2D eigenvalue weighted by Crippen LogP contribution is 2.32. The van der Waals surface area contributed by atoms with Crippen molar-refractivity contribution in [1.82, 2.24) is 4.57 Å². The fraction of sp³-hybridized carbons (Fsp3) is 0.385. The molecule has 0 unspecified atom stereocenters. The molecule has 2 aromatic rings. The van der Waals surface area contributed by atoms with Crippen molar-refractivity contribution >= 4 is 22.5 Å². The molecule has 1 heterocycles. The van der Waals surface area contributed by atoms with Crippen molar-refractivity contribution in [2.24, 2.45) is 7.05 Å². The van der Waals surface area contributed by atoms with Crippen LogP contribution in [-0.2, 0) is 19.9 Å². The van der Waals surface area contributed by atoms with E-state index in [1.807, 2.05) is 6.07 Å². The summed E-state index contributed by atoms with van der Waals surface area (Å²) in [4.78, 5) is 0. The van der Waals surface area contributed by atoms with E-state index in [-0.39, 0.29) is 0 Å². The van der Waals surface area contributed by atoms with Gasteiger partial charge in [-0.2, -0.15) is 0 Å². The molecule has 3 rings (SSSR count). The fourth-order valence-electron chi connectivity index (χ4n) is 2.73. The highest BCUT2D eigenvalue weighted by molar-refractivity contribution is 6.31. The van der Waals surface area contributed by atoms with E-state index < -0.39 is 0 Å². The minimum atomic E-state index is 0.834. The van der Waals surface area contributed by atoms with E-state index >= 15 is 0 Å². The summed E-state index contributed by atoms with van der Waals surface area (Å²) in [5, 5.41) is 2.23. The molecule has 0 bridgehead atoms. The van der Waals surface area contributed by atoms with Crippen LogP contribution in [0.1, 0.15) is 24.1 Å². The third-order valence-corrected chi connectivity index (χ3v) is 3.72. The Morgan fingerprint density at radius 1 is 1.20 bits per heavy atom. The van der Waals surface area contributed by atoms with Crippen molar-refractivity contribution in [2.75, 3.05) is 0 Å². The second-order valence-electron chi connectivity index (χ2n) is 4.35. The minimum absolute atomic E-state index is 0.834. The van der Waals surface area contributed by atoms with Gasteiger partial charge in [-0.25, -0.2) is 0 Å². The quantitative estimate of drug-likeness (QED) is 0.637. The van der Waals surface area contributed by atoms with Crippen LogP contribution >= 0.6 is 11.6 Å². The number of hydrogen-bond donors (Lipinski definition) is 0. The molecule has 1 nitrogen and oxygen atoms in total. The Kier molecular flexibility index (Phi) is 2.03. The van der Waals surface area contributed by atoms with E-state index in [1.54, 1.807) is 5.56 Å². The van der Waals surface area contributed by atoms with Gasteiger partial charge in [-0.3, -0.25) is 0 Å². The number of benzene rings is 1. The predicted molar refractivity (Wildman–Crippen MR) is 64.6 cm³/mol. The zero-order valence-electron chi connectivity index (χ0n) is 8.89. The maximum atomic E-state index is 6.04. The summed E-state index contributed by atoms with van der Waals surface area (Å²) in [5.41, 5.74) is 4.35. The van der Waals surface area contributed by atoms with Crippen molar-refractivity contribution < 1.29 is 0 Å². The molecule has 0 spiro atoms. The van der Waals surface area contributed by atoms with Gasteiger partial charge in [-0.1, -0.05) is 17.7 Å². The van der Waals surface area contributed by atoms with Gasteiger partial charge in [0.2, 0.25) is 0 Å². The molecule has 78 valence electrons. The Morgan fingerprint density at radius 2 is 2.00 bits per heavy atom. The van der Waals surface area contributed by atoms with Gasteiger partial charge in [0.25, 0.3) is 0 Å². The Hall–Kier alpha value is -0.950. The van der Waals surface area contributed by atoms with Gasteiger partial charge in [-0.15, -0.1) is 0 Å². The third kappa shape index (κ3) is 1.30. The molecule has 1 aliphatic rings. The Labute approximate surface area is 94.7 Å². The summed E-state index contributed by atoms with van der Waals surface area (Å²) in [5.74, 6) is 0. The van der Waals surface area contributed by atoms with Crippen LogP contribution in [0.4, 0.5) is 0 Å². The van der Waals surface area contributed by atoms with Crippen LogP contribution in [0.3, 0.4) is 0 Å². The van der Waals surface area contributed by atoms with Crippen molar-refractivity contribution in [3.63, 3.8) is 0 Å². The van der Waals surface area contributed by atoms with Crippen LogP contribution in [0, 0.1) is 0 Å². The van der Waals surface area contributed by atoms with Gasteiger partial charge in [0.15, 0.2) is 0 Å². The maximum Gasteiger partial charge on any atom is 0.0497 e. The van der Waals surface area contributed by atoms with E-state index in [0.717, 1.165) is 5.02 Å². The largest absolute Gasteiger partial charge is 0.347 e. The van der Waals surface area contributed by atoms with Gasteiger partial charge >= 0.3 is 0 Å². The first kappa shape index (κ1) is 9.29. The summed E-state index contributed by atoms with van der Waals surface area (Å²) in [7, 11) is 2.16. The molecule has 2 heteroatoms. The molecule has 1 aliphatic carbocycles. The van der Waals surface area contributed by atoms with Gasteiger partial charge in [-0.05, 0) is 43.4 Å². The number of fused-ring (bicyclic) bond motifs is 3. The van der Waals surface area contributed by atoms with E-state index in [0.29, 0.717) is 0 Å². The molecule has 0 N–H and O–H groups in total. The molecule has 0 amide bonds. The van der Waals surface area contributed by atoms with E-state index in [1.165, 1.54) is 42.3 Å². The molecule has 0 atom stereocenters. The lowest BCUT2D eigenvalue weighted by Gasteiger charge is -2.12. The smallest absolute Gasteiger partial charge is 0.0497 e. The Balaban J connectivity index is 2.38. The predicted octanol–water partition coefficient (Wildman–Crippen LogP) is 3.71. The number of halogens is 1. The van der Waals surface area contributed by atoms with Crippen molar-refractivity contribution in [1.29, 1.82) is 0 Å². The standard InChI is InChI=1S/C13H14ClN/c1-15-12-5-3-2-4-10(12)11-7-6-9(14)8-13(11)15/h6-8H,2-5H2,1H3. The van der Waals surface area contributed by atoms with Crippen LogP contribution in [0.5, 0.6) is 0 Å². The summed E-state index contributed by atoms with van der Waals surface area (Å²) in [6, 6.07) is 6.25. The van der Waals surface area contributed by atoms with Crippen molar-refractivity contribution in [2.45, 2.75) is 25.7 Å². The minimum Gasteiger partial charge on any atom is -0.347 e. The van der Waals surface area contributed by atoms with Crippen LogP contribution < -0.4 is 0 Å². The number of hydrogen-bond acceptors (Lipinski definition) is 0. The average Bonchev–Trinajstić information content (AvgIpc) is 2.54. The van der Waals surface area contributed by atoms with Gasteiger partial charge in [0, 0.05) is 28.7 Å². The molecule has 0 saturated heterocycles. The Morgan fingerprint density at radius 3 is 2.87 bits per heavy atom. The molecular formula is C13H14ClN. The molecule has 0 fully saturated rings. The SMILES string of the molecule is Cn1c2c(c3ccc(Cl)cc31)CCCC2. The molecule has 15 heavy (non-hydrogen) atoms. The van der Waals surface area contributed by atoms with Gasteiger partial charge in [0.1, 0.15) is 0 Å². The molecule has 0 saturated carbocycles. The lowest BCUT2D eigenvalue weighted by Crippen LogP contribution is -2.04. The first-order valence-corrected chi connectivity index (χ1v) is 5.91. The number of aromatic nitrogens is 1. The van der Waals surface area contributed by atoms with E-state index in [4.69, 9.17) is 11.6 Å². The van der Waals surface area contributed by atoms with E-state index in [9.17, 15) is 0 Å². The highest BCUT2D eigenvalue weighted by atomic mass is 35.5. The zero-order chi connectivity index (χ0) is 10.4. The van der Waals surface area contributed by atoms with Crippen molar-refractivity contribution in [3.8, 4) is 0 Å². The third-order valence-electron chi connectivity index (χ3n) is 3.49. The lowest BCUT2D eigenvalue weighted by atomic mass is 9.96. The van der Waals surface area contributed by atoms with Gasteiger partial charge in [0.05, 0.1) is 0 Å². The van der Waals surface area contributed by atoms with E-state index in [2.05, 4.69) is 23.7 Å². The molecule has 0 radical (unpaired) electrons. The Bertz CT molecular complexity index is 525. The molecule has 1 aromatic carbocycles. The maximum absolute atomic E-state index is 6.04.